The molecule has 0 nitrogen and oxygen atoms in total. The summed E-state index contributed by atoms with van der Waals surface area (Å²) >= 11 is 0. The third kappa shape index (κ3) is 457. The standard InChI is InChI=1S/C4H9.3CH3.Pt/c1-4(2)3;;;;/h4H,1H2,2-3H3;3*1H3;/q4*-1;+4. The summed E-state index contributed by atoms with van der Waals surface area (Å²) in [4.78, 5) is 0. The summed E-state index contributed by atoms with van der Waals surface area (Å²) in [6.45, 7) is 7.75. The molecule has 0 radical (unpaired) electrons. The second-order valence-electron chi connectivity index (χ2n) is 1.39. The molecule has 0 unspecified atom stereocenters. The average Bonchev–Trinajstić information content (AvgIpc) is 0.811. The zero-order valence-corrected chi connectivity index (χ0v) is 8.87. The number of hydrogen-bond donors (Lipinski definition) is 0. The third-order valence-electron chi connectivity index (χ3n) is 0. The number of rotatable bonds is 0. The van der Waals surface area contributed by atoms with Gasteiger partial charge in [-0.15, -0.1) is 0 Å². The quantitative estimate of drug-likeness (QED) is 0.603. The minimum absolute atomic E-state index is 0. The Morgan fingerprint density at radius 3 is 1.00 bits per heavy atom. The SMILES string of the molecule is [CH2-]C(C)C.[CH3-].[CH3-].[CH3-].[Pt+4]. The van der Waals surface area contributed by atoms with E-state index in [-0.39, 0.29) is 43.3 Å². The van der Waals surface area contributed by atoms with Crippen molar-refractivity contribution in [1.82, 2.24) is 0 Å². The van der Waals surface area contributed by atoms with Gasteiger partial charge in [-0.1, -0.05) is 13.8 Å². The predicted molar refractivity (Wildman–Crippen MR) is 39.4 cm³/mol. The first-order valence-corrected chi connectivity index (χ1v) is 1.56. The van der Waals surface area contributed by atoms with Crippen LogP contribution in [0.4, 0.5) is 0 Å². The van der Waals surface area contributed by atoms with Crippen molar-refractivity contribution in [3.05, 3.63) is 29.2 Å². The molecule has 56 valence electrons. The van der Waals surface area contributed by atoms with Gasteiger partial charge in [-0.25, -0.2) is 0 Å². The second kappa shape index (κ2) is 25.3. The van der Waals surface area contributed by atoms with Crippen molar-refractivity contribution >= 4 is 0 Å². The van der Waals surface area contributed by atoms with Gasteiger partial charge < -0.3 is 29.2 Å². The molecule has 0 aromatic rings. The summed E-state index contributed by atoms with van der Waals surface area (Å²) < 4.78 is 0. The van der Waals surface area contributed by atoms with Gasteiger partial charge in [0.1, 0.15) is 0 Å². The Labute approximate surface area is 70.3 Å². The van der Waals surface area contributed by atoms with E-state index in [0.717, 1.165) is 0 Å². The van der Waals surface area contributed by atoms with Crippen molar-refractivity contribution in [1.29, 1.82) is 0 Å². The van der Waals surface area contributed by atoms with E-state index in [4.69, 9.17) is 0 Å². The van der Waals surface area contributed by atoms with Crippen LogP contribution in [0.1, 0.15) is 13.8 Å². The molecule has 8 heavy (non-hydrogen) atoms. The molecule has 0 rings (SSSR count). The molecular formula is C7H18Pt. The summed E-state index contributed by atoms with van der Waals surface area (Å²) in [6.07, 6.45) is 0. The van der Waals surface area contributed by atoms with Crippen LogP contribution in [0.3, 0.4) is 0 Å². The average molecular weight is 297 g/mol. The first-order valence-electron chi connectivity index (χ1n) is 1.56. The van der Waals surface area contributed by atoms with Crippen LogP contribution in [0.5, 0.6) is 0 Å². The maximum absolute atomic E-state index is 3.64. The van der Waals surface area contributed by atoms with E-state index < -0.39 is 0 Å². The van der Waals surface area contributed by atoms with E-state index in [1.165, 1.54) is 0 Å². The van der Waals surface area contributed by atoms with Gasteiger partial charge in [0.2, 0.25) is 0 Å². The molecule has 0 aliphatic heterocycles. The maximum atomic E-state index is 3.64. The van der Waals surface area contributed by atoms with Crippen LogP contribution in [0.25, 0.3) is 0 Å². The van der Waals surface area contributed by atoms with Crippen LogP contribution in [0.2, 0.25) is 0 Å². The fourth-order valence-electron chi connectivity index (χ4n) is 0. The van der Waals surface area contributed by atoms with Gasteiger partial charge >= 0.3 is 21.1 Å². The minimum Gasteiger partial charge on any atom is -0.358 e. The van der Waals surface area contributed by atoms with Crippen molar-refractivity contribution in [2.24, 2.45) is 5.92 Å². The van der Waals surface area contributed by atoms with Crippen LogP contribution < -0.4 is 0 Å². The van der Waals surface area contributed by atoms with Gasteiger partial charge in [-0.2, -0.15) is 5.92 Å². The summed E-state index contributed by atoms with van der Waals surface area (Å²) in [7, 11) is 0. The van der Waals surface area contributed by atoms with Gasteiger partial charge in [0.25, 0.3) is 0 Å². The molecule has 0 aliphatic carbocycles. The summed E-state index contributed by atoms with van der Waals surface area (Å²) in [5.41, 5.74) is 0. The van der Waals surface area contributed by atoms with Crippen molar-refractivity contribution in [3.63, 3.8) is 0 Å². The Morgan fingerprint density at radius 2 is 1.00 bits per heavy atom. The zero-order chi connectivity index (χ0) is 3.58. The molecule has 0 saturated heterocycles. The second-order valence-corrected chi connectivity index (χ2v) is 1.39. The van der Waals surface area contributed by atoms with Gasteiger partial charge in [-0.05, 0) is 0 Å². The summed E-state index contributed by atoms with van der Waals surface area (Å²) in [5, 5.41) is 0. The maximum Gasteiger partial charge on any atom is 4.00 e. The smallest absolute Gasteiger partial charge is 0.358 e. The monoisotopic (exact) mass is 297 g/mol. The molecule has 0 saturated carbocycles. The Morgan fingerprint density at radius 1 is 1.00 bits per heavy atom. The van der Waals surface area contributed by atoms with Crippen LogP contribution >= 0.6 is 0 Å². The Kier molecular flexibility index (Phi) is 119. The first-order chi connectivity index (χ1) is 1.73. The van der Waals surface area contributed by atoms with Gasteiger partial charge in [0.15, 0.2) is 0 Å². The zero-order valence-electron chi connectivity index (χ0n) is 6.60. The van der Waals surface area contributed by atoms with Crippen LogP contribution in [-0.2, 0) is 21.1 Å². The van der Waals surface area contributed by atoms with E-state index in [1.807, 2.05) is 0 Å². The van der Waals surface area contributed by atoms with E-state index >= 15 is 0 Å². The molecule has 0 aliphatic rings. The Hall–Kier alpha value is 0.688. The van der Waals surface area contributed by atoms with Crippen LogP contribution in [0.15, 0.2) is 0 Å². The molecule has 0 aromatic heterocycles. The molecule has 0 atom stereocenters. The first kappa shape index (κ1) is 37.8. The molecule has 0 heterocycles. The van der Waals surface area contributed by atoms with E-state index in [2.05, 4.69) is 20.8 Å². The van der Waals surface area contributed by atoms with Crippen molar-refractivity contribution in [2.75, 3.05) is 0 Å². The molecule has 1 heteroatoms. The predicted octanol–water partition coefficient (Wildman–Crippen LogP) is 2.82. The van der Waals surface area contributed by atoms with Gasteiger partial charge in [-0.3, -0.25) is 0 Å². The molecule has 0 fully saturated rings. The van der Waals surface area contributed by atoms with Crippen molar-refractivity contribution < 1.29 is 21.1 Å². The number of hydrogen-bond acceptors (Lipinski definition) is 0. The van der Waals surface area contributed by atoms with E-state index in [9.17, 15) is 0 Å². The molecule has 0 N–H and O–H groups in total. The molecular weight excluding hydrogens is 279 g/mol. The van der Waals surface area contributed by atoms with E-state index in [0.29, 0.717) is 5.92 Å². The summed E-state index contributed by atoms with van der Waals surface area (Å²) in [5.74, 6) is 0.583. The van der Waals surface area contributed by atoms with Gasteiger partial charge in [0.05, 0.1) is 0 Å². The van der Waals surface area contributed by atoms with Crippen molar-refractivity contribution in [3.8, 4) is 0 Å². The van der Waals surface area contributed by atoms with E-state index in [1.54, 1.807) is 0 Å². The fraction of sp³-hybridized carbons (Fsp3) is 0.429. The Balaban J connectivity index is -0.00000000750. The topological polar surface area (TPSA) is 0 Å². The third-order valence-corrected chi connectivity index (χ3v) is 0. The van der Waals surface area contributed by atoms with Gasteiger partial charge in [0, 0.05) is 0 Å². The van der Waals surface area contributed by atoms with Crippen LogP contribution in [-0.4, -0.2) is 0 Å². The minimum atomic E-state index is 0. The fourth-order valence-corrected chi connectivity index (χ4v) is 0. The van der Waals surface area contributed by atoms with Crippen molar-refractivity contribution in [2.45, 2.75) is 13.8 Å². The molecule has 0 amide bonds. The van der Waals surface area contributed by atoms with Crippen LogP contribution in [0, 0.1) is 35.1 Å². The Bertz CT molecular complexity index is 9.10. The largest absolute Gasteiger partial charge is 4.00 e. The molecule has 0 aromatic carbocycles. The molecule has 0 bridgehead atoms. The normalized spacial score (nSPS) is 4.50. The molecule has 0 spiro atoms. The summed E-state index contributed by atoms with van der Waals surface area (Å²) in [6, 6.07) is 0.